The summed E-state index contributed by atoms with van der Waals surface area (Å²) in [5.74, 6) is -0.735. The van der Waals surface area contributed by atoms with Crippen LogP contribution in [0.5, 0.6) is 0 Å². The fraction of sp³-hybridized carbons (Fsp3) is 0.778. The Morgan fingerprint density at radius 1 is 1.73 bits per heavy atom. The molecular weight excluding hydrogens is 200 g/mol. The molecule has 1 rings (SSSR count). The van der Waals surface area contributed by atoms with Crippen LogP contribution in [0.2, 0.25) is 0 Å². The Bertz CT molecular complexity index is 254. The molecule has 86 valence electrons. The number of hydrogen-bond acceptors (Lipinski definition) is 6. The summed E-state index contributed by atoms with van der Waals surface area (Å²) in [7, 11) is 1.43. The van der Waals surface area contributed by atoms with Gasteiger partial charge >= 0.3 is 5.97 Å². The lowest BCUT2D eigenvalue weighted by Crippen LogP contribution is -2.26. The van der Waals surface area contributed by atoms with E-state index < -0.39 is 5.92 Å². The summed E-state index contributed by atoms with van der Waals surface area (Å²) in [6.45, 7) is 2.86. The van der Waals surface area contributed by atoms with Crippen molar-refractivity contribution in [1.82, 2.24) is 4.90 Å². The van der Waals surface area contributed by atoms with Gasteiger partial charge in [-0.1, -0.05) is 5.16 Å². The first kappa shape index (κ1) is 11.9. The van der Waals surface area contributed by atoms with Crippen molar-refractivity contribution in [2.24, 2.45) is 11.1 Å². The van der Waals surface area contributed by atoms with E-state index in [9.17, 15) is 4.79 Å². The van der Waals surface area contributed by atoms with Crippen molar-refractivity contribution in [2.45, 2.75) is 6.92 Å². The molecule has 1 saturated heterocycles. The Kier molecular flexibility index (Phi) is 4.51. The van der Waals surface area contributed by atoms with Gasteiger partial charge in [0, 0.05) is 13.1 Å². The van der Waals surface area contributed by atoms with Gasteiger partial charge in [-0.05, 0) is 6.92 Å². The molecule has 1 atom stereocenters. The lowest BCUT2D eigenvalue weighted by atomic mass is 10.1. The van der Waals surface area contributed by atoms with E-state index in [1.54, 1.807) is 11.8 Å². The first-order valence-electron chi connectivity index (χ1n) is 4.82. The van der Waals surface area contributed by atoms with Crippen molar-refractivity contribution in [2.75, 3.05) is 33.5 Å². The molecule has 1 fully saturated rings. The molecule has 1 N–H and O–H groups in total. The number of ether oxygens (including phenoxy) is 1. The van der Waals surface area contributed by atoms with Crippen molar-refractivity contribution < 1.29 is 19.5 Å². The quantitative estimate of drug-likeness (QED) is 0.503. The van der Waals surface area contributed by atoms with Gasteiger partial charge in [0.25, 0.3) is 0 Å². The fourth-order valence-electron chi connectivity index (χ4n) is 1.54. The second-order valence-electron chi connectivity index (χ2n) is 3.22. The number of carbonyl (C=O) groups excluding carboxylic acids is 1. The van der Waals surface area contributed by atoms with E-state index in [1.165, 1.54) is 7.11 Å². The normalized spacial score (nSPS) is 24.5. The van der Waals surface area contributed by atoms with Crippen LogP contribution in [0.3, 0.4) is 0 Å². The highest BCUT2D eigenvalue weighted by Crippen LogP contribution is 2.15. The molecule has 0 aromatic carbocycles. The van der Waals surface area contributed by atoms with Crippen LogP contribution in [0.1, 0.15) is 6.92 Å². The highest BCUT2D eigenvalue weighted by Gasteiger charge is 2.35. The molecule has 6 nitrogen and oxygen atoms in total. The van der Waals surface area contributed by atoms with Crippen LogP contribution in [-0.4, -0.2) is 55.2 Å². The summed E-state index contributed by atoms with van der Waals surface area (Å²) in [6.07, 6.45) is 0. The second-order valence-corrected chi connectivity index (χ2v) is 3.22. The Labute approximate surface area is 88.4 Å². The zero-order chi connectivity index (χ0) is 11.3. The van der Waals surface area contributed by atoms with Crippen LogP contribution in [0.15, 0.2) is 5.16 Å². The lowest BCUT2D eigenvalue weighted by molar-refractivity contribution is -0.145. The molecule has 1 heterocycles. The molecule has 0 saturated carbocycles. The topological polar surface area (TPSA) is 71.4 Å². The molecule has 0 amide bonds. The van der Waals surface area contributed by atoms with E-state index in [1.807, 2.05) is 0 Å². The number of oxime groups is 1. The largest absolute Gasteiger partial charge is 0.465 e. The number of likely N-dealkylation sites (tertiary alicyclic amines) is 1. The summed E-state index contributed by atoms with van der Waals surface area (Å²) in [6, 6.07) is 0. The van der Waals surface area contributed by atoms with E-state index >= 15 is 0 Å². The summed E-state index contributed by atoms with van der Waals surface area (Å²) >= 11 is 0. The van der Waals surface area contributed by atoms with Crippen LogP contribution in [-0.2, 0) is 14.4 Å². The number of carbonyl (C=O) groups is 1. The van der Waals surface area contributed by atoms with E-state index in [0.717, 1.165) is 0 Å². The third kappa shape index (κ3) is 2.90. The van der Waals surface area contributed by atoms with Crippen molar-refractivity contribution in [3.05, 3.63) is 0 Å². The van der Waals surface area contributed by atoms with Crippen LogP contribution >= 0.6 is 0 Å². The monoisotopic (exact) mass is 216 g/mol. The number of esters is 1. The molecule has 0 spiro atoms. The minimum atomic E-state index is -0.419. The summed E-state index contributed by atoms with van der Waals surface area (Å²) in [5.41, 5.74) is 0.602. The van der Waals surface area contributed by atoms with Gasteiger partial charge in [-0.25, -0.2) is 0 Å². The Morgan fingerprint density at radius 3 is 3.00 bits per heavy atom. The van der Waals surface area contributed by atoms with E-state index in [0.29, 0.717) is 25.4 Å². The van der Waals surface area contributed by atoms with E-state index in [2.05, 4.69) is 9.99 Å². The molecule has 15 heavy (non-hydrogen) atoms. The van der Waals surface area contributed by atoms with Crippen molar-refractivity contribution in [3.8, 4) is 0 Å². The standard InChI is InChI=1S/C9H16N2O4/c1-3-15-9(13)7-4-11(6-12)5-8(7)10-14-2/h7,12H,3-6H2,1-2H3. The average molecular weight is 216 g/mol. The van der Waals surface area contributed by atoms with Gasteiger partial charge in [-0.3, -0.25) is 9.69 Å². The average Bonchev–Trinajstić information content (AvgIpc) is 2.62. The Morgan fingerprint density at radius 2 is 2.47 bits per heavy atom. The SMILES string of the molecule is CCOC(=O)C1CN(CO)CC1=NOC. The minimum absolute atomic E-state index is 0.0986. The zero-order valence-electron chi connectivity index (χ0n) is 8.97. The van der Waals surface area contributed by atoms with Crippen LogP contribution in [0, 0.1) is 5.92 Å². The summed E-state index contributed by atoms with van der Waals surface area (Å²) in [5, 5.41) is 12.7. The predicted molar refractivity (Wildman–Crippen MR) is 53.2 cm³/mol. The fourth-order valence-corrected chi connectivity index (χ4v) is 1.54. The first-order chi connectivity index (χ1) is 7.22. The van der Waals surface area contributed by atoms with Crippen LogP contribution < -0.4 is 0 Å². The first-order valence-corrected chi connectivity index (χ1v) is 4.82. The second kappa shape index (κ2) is 5.67. The van der Waals surface area contributed by atoms with Gasteiger partial charge in [0.05, 0.1) is 19.0 Å². The zero-order valence-corrected chi connectivity index (χ0v) is 8.97. The number of rotatable bonds is 4. The summed E-state index contributed by atoms with van der Waals surface area (Å²) < 4.78 is 4.91. The smallest absolute Gasteiger partial charge is 0.316 e. The molecule has 0 bridgehead atoms. The van der Waals surface area contributed by atoms with Gasteiger partial charge in [-0.15, -0.1) is 0 Å². The van der Waals surface area contributed by atoms with Gasteiger partial charge in [0.1, 0.15) is 13.0 Å². The highest BCUT2D eigenvalue weighted by molar-refractivity contribution is 6.04. The molecule has 0 aromatic heterocycles. The number of aliphatic hydroxyl groups excluding tert-OH is 1. The minimum Gasteiger partial charge on any atom is -0.465 e. The van der Waals surface area contributed by atoms with E-state index in [4.69, 9.17) is 9.84 Å². The molecule has 1 aliphatic heterocycles. The van der Waals surface area contributed by atoms with Gasteiger partial charge < -0.3 is 14.7 Å². The molecule has 0 aromatic rings. The maximum absolute atomic E-state index is 11.5. The number of aliphatic hydroxyl groups is 1. The molecule has 0 radical (unpaired) electrons. The van der Waals surface area contributed by atoms with Gasteiger partial charge in [0.15, 0.2) is 0 Å². The molecule has 0 aliphatic carbocycles. The number of nitrogens with zero attached hydrogens (tertiary/aromatic N) is 2. The van der Waals surface area contributed by atoms with Crippen molar-refractivity contribution in [3.63, 3.8) is 0 Å². The van der Waals surface area contributed by atoms with Gasteiger partial charge in [-0.2, -0.15) is 0 Å². The third-order valence-electron chi connectivity index (χ3n) is 2.21. The molecular formula is C9H16N2O4. The van der Waals surface area contributed by atoms with Crippen LogP contribution in [0.25, 0.3) is 0 Å². The van der Waals surface area contributed by atoms with Crippen molar-refractivity contribution >= 4 is 11.7 Å². The number of hydrogen-bond donors (Lipinski definition) is 1. The van der Waals surface area contributed by atoms with E-state index in [-0.39, 0.29) is 12.7 Å². The highest BCUT2D eigenvalue weighted by atomic mass is 16.6. The van der Waals surface area contributed by atoms with Gasteiger partial charge in [0.2, 0.25) is 0 Å². The Hall–Kier alpha value is -1.14. The molecule has 1 unspecified atom stereocenters. The summed E-state index contributed by atoms with van der Waals surface area (Å²) in [4.78, 5) is 17.9. The maximum atomic E-state index is 11.5. The predicted octanol–water partition coefficient (Wildman–Crippen LogP) is -0.567. The third-order valence-corrected chi connectivity index (χ3v) is 2.21. The lowest BCUT2D eigenvalue weighted by Gasteiger charge is -2.10. The van der Waals surface area contributed by atoms with Crippen molar-refractivity contribution in [1.29, 1.82) is 0 Å². The Balaban J connectivity index is 2.68. The molecule has 6 heteroatoms. The molecule has 1 aliphatic rings. The van der Waals surface area contributed by atoms with Crippen LogP contribution in [0.4, 0.5) is 0 Å². The maximum Gasteiger partial charge on any atom is 0.316 e.